The number of benzene rings is 2. The highest BCUT2D eigenvalue weighted by atomic mass is 32.1. The van der Waals surface area contributed by atoms with E-state index in [1.165, 1.54) is 18.4 Å². The molecule has 1 amide bonds. The molecule has 0 radical (unpaired) electrons. The Labute approximate surface area is 208 Å². The fourth-order valence-corrected chi connectivity index (χ4v) is 5.76. The summed E-state index contributed by atoms with van der Waals surface area (Å²) in [5, 5.41) is 18.9. The smallest absolute Gasteiger partial charge is 0.252 e. The molecule has 0 fully saturated rings. The normalized spacial score (nSPS) is 16.3. The molecule has 35 heavy (non-hydrogen) atoms. The Bertz CT molecular complexity index is 1410. The maximum atomic E-state index is 12.7. The Morgan fingerprint density at radius 3 is 2.74 bits per heavy atom. The van der Waals surface area contributed by atoms with Gasteiger partial charge in [0.1, 0.15) is 11.5 Å². The molecule has 0 aliphatic carbocycles. The Kier molecular flexibility index (Phi) is 5.60. The third kappa shape index (κ3) is 3.86. The molecule has 0 saturated carbocycles. The largest absolute Gasteiger partial charge is 0.504 e. The molecule has 0 atom stereocenters. The fourth-order valence-electron chi connectivity index (χ4n) is 4.94. The van der Waals surface area contributed by atoms with Crippen LogP contribution in [0, 0.1) is 0 Å². The van der Waals surface area contributed by atoms with Crippen molar-refractivity contribution in [2.24, 2.45) is 0 Å². The minimum Gasteiger partial charge on any atom is -0.504 e. The van der Waals surface area contributed by atoms with Crippen molar-refractivity contribution >= 4 is 40.3 Å². The van der Waals surface area contributed by atoms with Gasteiger partial charge in [0.25, 0.3) is 5.91 Å². The summed E-state index contributed by atoms with van der Waals surface area (Å²) < 4.78 is 12.1. The van der Waals surface area contributed by atoms with Gasteiger partial charge in [0, 0.05) is 33.8 Å². The number of anilines is 1. The Hall–Kier alpha value is -3.71. The Morgan fingerprint density at radius 1 is 1.20 bits per heavy atom. The lowest BCUT2D eigenvalue weighted by molar-refractivity contribution is 0.0956. The molecular formula is C28H28N2O4S. The molecule has 1 aromatic heterocycles. The summed E-state index contributed by atoms with van der Waals surface area (Å²) in [5.74, 6) is 1.53. The number of phenolic OH excluding ortho intramolecular Hbond substituents is 1. The lowest BCUT2D eigenvalue weighted by Gasteiger charge is -2.35. The molecule has 7 heteroatoms. The van der Waals surface area contributed by atoms with Gasteiger partial charge in [-0.15, -0.1) is 11.3 Å². The second kappa shape index (κ2) is 8.50. The van der Waals surface area contributed by atoms with Crippen LogP contribution in [-0.4, -0.2) is 30.2 Å². The van der Waals surface area contributed by atoms with Crippen molar-refractivity contribution in [3.63, 3.8) is 0 Å². The number of fused-ring (bicyclic) bond motifs is 5. The van der Waals surface area contributed by atoms with Crippen molar-refractivity contribution < 1.29 is 19.4 Å². The van der Waals surface area contributed by atoms with E-state index in [4.69, 9.17) is 9.47 Å². The number of hydrogen-bond acceptors (Lipinski definition) is 6. The summed E-state index contributed by atoms with van der Waals surface area (Å²) in [6.07, 6.45) is 4.14. The van der Waals surface area contributed by atoms with E-state index in [0.29, 0.717) is 34.9 Å². The summed E-state index contributed by atoms with van der Waals surface area (Å²) in [6, 6.07) is 9.24. The molecule has 3 aromatic rings. The number of ether oxygens (including phenoxy) is 2. The zero-order valence-electron chi connectivity index (χ0n) is 20.4. The van der Waals surface area contributed by atoms with Gasteiger partial charge < -0.3 is 25.2 Å². The predicted octanol–water partition coefficient (Wildman–Crippen LogP) is 6.38. The number of rotatable bonds is 4. The van der Waals surface area contributed by atoms with E-state index >= 15 is 0 Å². The van der Waals surface area contributed by atoms with Gasteiger partial charge >= 0.3 is 0 Å². The highest BCUT2D eigenvalue weighted by Gasteiger charge is 2.33. The van der Waals surface area contributed by atoms with Crippen LogP contribution in [-0.2, 0) is 0 Å². The molecule has 2 aromatic carbocycles. The lowest BCUT2D eigenvalue weighted by atomic mass is 9.83. The zero-order chi connectivity index (χ0) is 24.9. The maximum absolute atomic E-state index is 12.7. The van der Waals surface area contributed by atoms with Crippen LogP contribution in [0.3, 0.4) is 0 Å². The summed E-state index contributed by atoms with van der Waals surface area (Å²) >= 11 is 1.49. The number of methoxy groups -OCH3 is 1. The number of aromatic hydroxyl groups is 1. The first-order valence-corrected chi connectivity index (χ1v) is 12.4. The van der Waals surface area contributed by atoms with Crippen molar-refractivity contribution in [2.45, 2.75) is 33.2 Å². The van der Waals surface area contributed by atoms with Crippen molar-refractivity contribution in [3.8, 4) is 28.4 Å². The number of phenols is 1. The van der Waals surface area contributed by atoms with Gasteiger partial charge in [-0.1, -0.05) is 12.1 Å². The van der Waals surface area contributed by atoms with Crippen LogP contribution in [0.15, 0.2) is 41.8 Å². The molecule has 0 unspecified atom stereocenters. The van der Waals surface area contributed by atoms with Crippen LogP contribution in [0.4, 0.5) is 5.69 Å². The minimum absolute atomic E-state index is 0.0502. The molecular weight excluding hydrogens is 460 g/mol. The summed E-state index contributed by atoms with van der Waals surface area (Å²) in [4.78, 5) is 13.5. The highest BCUT2D eigenvalue weighted by Crippen LogP contribution is 2.54. The summed E-state index contributed by atoms with van der Waals surface area (Å²) in [5.41, 5.74) is 6.06. The number of carbonyl (C=O) groups is 1. The van der Waals surface area contributed by atoms with Crippen molar-refractivity contribution in [1.29, 1.82) is 0 Å². The molecule has 3 N–H and O–H groups in total. The molecule has 2 aliphatic rings. The number of hydrogen-bond donors (Lipinski definition) is 3. The quantitative estimate of drug-likeness (QED) is 0.397. The number of carbonyl (C=O) groups excluding carboxylic acids is 1. The topological polar surface area (TPSA) is 79.8 Å². The van der Waals surface area contributed by atoms with E-state index in [1.54, 1.807) is 12.1 Å². The van der Waals surface area contributed by atoms with Crippen LogP contribution < -0.4 is 20.1 Å². The van der Waals surface area contributed by atoms with Gasteiger partial charge in [-0.25, -0.2) is 0 Å². The van der Waals surface area contributed by atoms with E-state index in [0.717, 1.165) is 32.8 Å². The molecule has 6 nitrogen and oxygen atoms in total. The van der Waals surface area contributed by atoms with E-state index in [9.17, 15) is 9.90 Å². The van der Waals surface area contributed by atoms with Gasteiger partial charge in [0.15, 0.2) is 11.5 Å². The summed E-state index contributed by atoms with van der Waals surface area (Å²) in [6.45, 7) is 8.82. The van der Waals surface area contributed by atoms with Gasteiger partial charge in [0.2, 0.25) is 0 Å². The number of thiophene rings is 1. The first-order chi connectivity index (χ1) is 16.7. The van der Waals surface area contributed by atoms with Crippen LogP contribution in [0.2, 0.25) is 0 Å². The van der Waals surface area contributed by atoms with E-state index in [1.807, 2.05) is 30.5 Å². The average molecular weight is 489 g/mol. The van der Waals surface area contributed by atoms with Crippen molar-refractivity contribution in [3.05, 3.63) is 63.4 Å². The number of amides is 1. The van der Waals surface area contributed by atoms with Crippen molar-refractivity contribution in [2.75, 3.05) is 19.0 Å². The van der Waals surface area contributed by atoms with E-state index < -0.39 is 0 Å². The first-order valence-electron chi connectivity index (χ1n) is 11.5. The van der Waals surface area contributed by atoms with Gasteiger partial charge in [-0.3, -0.25) is 4.79 Å². The molecule has 0 spiro atoms. The molecule has 0 saturated heterocycles. The standard InChI is InChI=1S/C28H28N2O4S/c1-6-29-27(32)16-11-12-35-22(16)13-21-24-17(25-20(34-21)10-9-19(31)26(25)33-5)7-8-18-23(24)15(2)14-28(3,4)30-18/h7-14,30-31H,6H2,1-5H3,(H,29,32)/b21-13-. The van der Waals surface area contributed by atoms with Gasteiger partial charge in [0.05, 0.1) is 23.8 Å². The van der Waals surface area contributed by atoms with Crippen LogP contribution >= 0.6 is 11.3 Å². The van der Waals surface area contributed by atoms with Gasteiger partial charge in [-0.2, -0.15) is 0 Å². The SMILES string of the molecule is CCNC(=O)c1ccsc1/C=C1\Oc2ccc(O)c(OC)c2-c2ccc3c(c21)C(C)=CC(C)(C)N3. The van der Waals surface area contributed by atoms with Crippen LogP contribution in [0.1, 0.15) is 54.1 Å². The maximum Gasteiger partial charge on any atom is 0.252 e. The molecule has 180 valence electrons. The summed E-state index contributed by atoms with van der Waals surface area (Å²) in [7, 11) is 1.54. The second-order valence-electron chi connectivity index (χ2n) is 9.24. The predicted molar refractivity (Wildman–Crippen MR) is 142 cm³/mol. The average Bonchev–Trinajstić information content (AvgIpc) is 3.26. The van der Waals surface area contributed by atoms with Gasteiger partial charge in [-0.05, 0) is 69.0 Å². The molecule has 0 bridgehead atoms. The fraction of sp³-hybridized carbons (Fsp3) is 0.250. The van der Waals surface area contributed by atoms with E-state index in [-0.39, 0.29) is 17.2 Å². The second-order valence-corrected chi connectivity index (χ2v) is 10.2. The lowest BCUT2D eigenvalue weighted by Crippen LogP contribution is -2.32. The van der Waals surface area contributed by atoms with E-state index in [2.05, 4.69) is 43.5 Å². The Balaban J connectivity index is 1.79. The third-order valence-electron chi connectivity index (χ3n) is 6.21. The number of allylic oxidation sites excluding steroid dienone is 1. The molecule has 5 rings (SSSR count). The van der Waals surface area contributed by atoms with Crippen LogP contribution in [0.25, 0.3) is 28.5 Å². The monoisotopic (exact) mass is 488 g/mol. The van der Waals surface area contributed by atoms with Crippen molar-refractivity contribution in [1.82, 2.24) is 5.32 Å². The molecule has 2 aliphatic heterocycles. The Morgan fingerprint density at radius 2 is 2.00 bits per heavy atom. The third-order valence-corrected chi connectivity index (χ3v) is 7.08. The number of nitrogens with one attached hydrogen (secondary N) is 2. The zero-order valence-corrected chi connectivity index (χ0v) is 21.2. The minimum atomic E-state index is -0.197. The van der Waals surface area contributed by atoms with Crippen LogP contribution in [0.5, 0.6) is 17.2 Å². The first kappa shape index (κ1) is 23.1. The highest BCUT2D eigenvalue weighted by molar-refractivity contribution is 7.11. The molecule has 3 heterocycles.